The van der Waals surface area contributed by atoms with Crippen LogP contribution in [0.5, 0.6) is 0 Å². The quantitative estimate of drug-likeness (QED) is 0.329. The molecule has 0 atom stereocenters. The second kappa shape index (κ2) is 8.66. The van der Waals surface area contributed by atoms with Gasteiger partial charge in [0.2, 0.25) is 0 Å². The van der Waals surface area contributed by atoms with Crippen LogP contribution >= 0.6 is 0 Å². The number of pyridine rings is 1. The number of rotatable bonds is 5. The Morgan fingerprint density at radius 1 is 1.16 bits per heavy atom. The molecule has 1 aromatic carbocycles. The molecule has 0 spiro atoms. The van der Waals surface area contributed by atoms with E-state index in [0.29, 0.717) is 5.56 Å². The number of nitrogens with zero attached hydrogens (tertiary/aromatic N) is 4. The lowest BCUT2D eigenvalue weighted by Gasteiger charge is -2.10. The number of aryl methyl sites for hydroxylation is 1. The zero-order valence-electron chi connectivity index (χ0n) is 16.8. The largest absolute Gasteiger partial charge is 0.459 e. The topological polar surface area (TPSA) is 69.9 Å². The normalized spacial score (nSPS) is 12.3. The zero-order chi connectivity index (χ0) is 22.8. The zero-order valence-corrected chi connectivity index (χ0v) is 16.8. The van der Waals surface area contributed by atoms with E-state index in [0.717, 1.165) is 28.9 Å². The first-order valence-electron chi connectivity index (χ1n) is 9.18. The van der Waals surface area contributed by atoms with Crippen LogP contribution < -0.4 is 0 Å². The van der Waals surface area contributed by atoms with Crippen molar-refractivity contribution >= 4 is 17.7 Å². The Hall–Kier alpha value is -3.56. The van der Waals surface area contributed by atoms with Crippen LogP contribution in [-0.4, -0.2) is 31.8 Å². The number of esters is 1. The highest BCUT2D eigenvalue weighted by molar-refractivity contribution is 6.19. The van der Waals surface area contributed by atoms with Crippen molar-refractivity contribution < 1.29 is 27.1 Å². The molecule has 0 N–H and O–H groups in total. The van der Waals surface area contributed by atoms with Crippen LogP contribution in [0.3, 0.4) is 0 Å². The minimum Gasteiger partial charge on any atom is -0.459 e. The molecule has 162 valence electrons. The van der Waals surface area contributed by atoms with Crippen molar-refractivity contribution in [1.82, 2.24) is 19.7 Å². The second-order valence-corrected chi connectivity index (χ2v) is 6.99. The highest BCUT2D eigenvalue weighted by Crippen LogP contribution is 2.32. The maximum Gasteiger partial charge on any atom is 0.416 e. The van der Waals surface area contributed by atoms with E-state index in [2.05, 4.69) is 15.1 Å². The molecule has 6 nitrogen and oxygen atoms in total. The van der Waals surface area contributed by atoms with E-state index in [4.69, 9.17) is 4.74 Å². The lowest BCUT2D eigenvalue weighted by atomic mass is 10.1. The van der Waals surface area contributed by atoms with E-state index < -0.39 is 29.6 Å². The van der Waals surface area contributed by atoms with Gasteiger partial charge in [0, 0.05) is 24.0 Å². The first-order valence-corrected chi connectivity index (χ1v) is 9.18. The van der Waals surface area contributed by atoms with E-state index in [9.17, 15) is 22.4 Å². The molecule has 0 amide bonds. The third kappa shape index (κ3) is 5.53. The number of carbonyl (C=O) groups excluding carboxylic acids is 1. The molecule has 0 aliphatic carbocycles. The van der Waals surface area contributed by atoms with Crippen LogP contribution in [0.1, 0.15) is 30.7 Å². The number of alkyl halides is 3. The highest BCUT2D eigenvalue weighted by atomic mass is 19.4. The fourth-order valence-corrected chi connectivity index (χ4v) is 2.73. The summed E-state index contributed by atoms with van der Waals surface area (Å²) in [5, 5.41) is 4.13. The molecule has 0 aliphatic heterocycles. The molecule has 0 radical (unpaired) electrons. The summed E-state index contributed by atoms with van der Waals surface area (Å²) in [5.41, 5.74) is -0.349. The average Bonchev–Trinajstić information content (AvgIpc) is 3.13. The molecule has 0 bridgehead atoms. The number of benzene rings is 1. The van der Waals surface area contributed by atoms with Crippen LogP contribution in [0.2, 0.25) is 0 Å². The van der Waals surface area contributed by atoms with Crippen molar-refractivity contribution in [1.29, 1.82) is 0 Å². The van der Waals surface area contributed by atoms with Crippen LogP contribution in [0.4, 0.5) is 17.6 Å². The van der Waals surface area contributed by atoms with Crippen molar-refractivity contribution in [2.45, 2.75) is 33.1 Å². The van der Waals surface area contributed by atoms with E-state index in [1.165, 1.54) is 31.7 Å². The molecule has 3 aromatic rings. The van der Waals surface area contributed by atoms with Gasteiger partial charge in [0.05, 0.1) is 17.4 Å². The molecule has 0 aliphatic rings. The molecule has 2 aromatic heterocycles. The summed E-state index contributed by atoms with van der Waals surface area (Å²) in [4.78, 5) is 20.5. The Bertz CT molecular complexity index is 1140. The summed E-state index contributed by atoms with van der Waals surface area (Å²) in [5.74, 6) is -1.35. The van der Waals surface area contributed by atoms with Gasteiger partial charge < -0.3 is 4.74 Å². The maximum atomic E-state index is 13.6. The summed E-state index contributed by atoms with van der Waals surface area (Å²) < 4.78 is 59.3. The van der Waals surface area contributed by atoms with Gasteiger partial charge in [-0.3, -0.25) is 4.98 Å². The second-order valence-electron chi connectivity index (χ2n) is 6.99. The van der Waals surface area contributed by atoms with E-state index in [1.807, 2.05) is 0 Å². The smallest absolute Gasteiger partial charge is 0.416 e. The average molecular weight is 434 g/mol. The first-order chi connectivity index (χ1) is 14.5. The summed E-state index contributed by atoms with van der Waals surface area (Å²) in [7, 11) is 0. The maximum absolute atomic E-state index is 13.6. The third-order valence-corrected chi connectivity index (χ3v) is 3.99. The number of ether oxygens (including phenoxy) is 1. The lowest BCUT2D eigenvalue weighted by molar-refractivity contribution is -0.140. The van der Waals surface area contributed by atoms with Crippen molar-refractivity contribution in [3.05, 3.63) is 65.5 Å². The number of hydrogen-bond donors (Lipinski definition) is 0. The Morgan fingerprint density at radius 3 is 2.55 bits per heavy atom. The minimum absolute atomic E-state index is 0.0117. The predicted octanol–water partition coefficient (Wildman–Crippen LogP) is 4.76. The molecule has 0 unspecified atom stereocenters. The fraction of sp³-hybridized carbons (Fsp3) is 0.238. The van der Waals surface area contributed by atoms with Gasteiger partial charge in [-0.25, -0.2) is 18.9 Å². The van der Waals surface area contributed by atoms with Gasteiger partial charge in [-0.05, 0) is 50.6 Å². The van der Waals surface area contributed by atoms with E-state index in [1.54, 1.807) is 13.8 Å². The van der Waals surface area contributed by atoms with Crippen LogP contribution in [0.15, 0.2) is 42.9 Å². The standard InChI is InChI=1S/C21H18F4N4O2/c1-12(2)31-20(30)17(18-9-16(22)4-5-26-18)10-29-11-27-19(28-29)14-6-13(3)7-15(8-14)21(23,24)25/h4-12H,1-3H3/b17-10+. The number of hydrogen-bond acceptors (Lipinski definition) is 5. The Balaban J connectivity index is 2.02. The van der Waals surface area contributed by atoms with Crippen LogP contribution in [0.25, 0.3) is 23.2 Å². The molecule has 10 heteroatoms. The minimum atomic E-state index is -4.51. The summed E-state index contributed by atoms with van der Waals surface area (Å²) in [6.45, 7) is 4.83. The highest BCUT2D eigenvalue weighted by Gasteiger charge is 2.31. The third-order valence-electron chi connectivity index (χ3n) is 3.99. The van der Waals surface area contributed by atoms with Crippen molar-refractivity contribution in [3.63, 3.8) is 0 Å². The van der Waals surface area contributed by atoms with Gasteiger partial charge in [0.25, 0.3) is 0 Å². The van der Waals surface area contributed by atoms with E-state index >= 15 is 0 Å². The molecule has 0 saturated heterocycles. The molecule has 31 heavy (non-hydrogen) atoms. The van der Waals surface area contributed by atoms with Crippen molar-refractivity contribution in [3.8, 4) is 11.4 Å². The van der Waals surface area contributed by atoms with E-state index in [-0.39, 0.29) is 22.7 Å². The number of halogens is 4. The van der Waals surface area contributed by atoms with Crippen LogP contribution in [-0.2, 0) is 15.7 Å². The Kier molecular flexibility index (Phi) is 6.19. The molecule has 3 rings (SSSR count). The van der Waals surface area contributed by atoms with Gasteiger partial charge in [0.15, 0.2) is 5.82 Å². The summed E-state index contributed by atoms with van der Waals surface area (Å²) in [6.07, 6.45) is -1.32. The molecule has 0 saturated carbocycles. The molecular formula is C21H18F4N4O2. The molecule has 2 heterocycles. The van der Waals surface area contributed by atoms with Gasteiger partial charge in [-0.15, -0.1) is 5.10 Å². The monoisotopic (exact) mass is 434 g/mol. The van der Waals surface area contributed by atoms with Gasteiger partial charge in [0.1, 0.15) is 17.7 Å². The van der Waals surface area contributed by atoms with Gasteiger partial charge in [-0.1, -0.05) is 0 Å². The van der Waals surface area contributed by atoms with Gasteiger partial charge >= 0.3 is 12.1 Å². The fourth-order valence-electron chi connectivity index (χ4n) is 2.73. The predicted molar refractivity (Wildman–Crippen MR) is 105 cm³/mol. The van der Waals surface area contributed by atoms with Crippen molar-refractivity contribution in [2.75, 3.05) is 0 Å². The number of aromatic nitrogens is 4. The summed E-state index contributed by atoms with van der Waals surface area (Å²) in [6, 6.07) is 5.66. The Morgan fingerprint density at radius 2 is 1.90 bits per heavy atom. The van der Waals surface area contributed by atoms with Crippen molar-refractivity contribution in [2.24, 2.45) is 0 Å². The first kappa shape index (κ1) is 22.1. The lowest BCUT2D eigenvalue weighted by Crippen LogP contribution is -2.14. The van der Waals surface area contributed by atoms with Gasteiger partial charge in [-0.2, -0.15) is 13.2 Å². The van der Waals surface area contributed by atoms with Crippen LogP contribution in [0, 0.1) is 12.7 Å². The molecule has 0 fully saturated rings. The SMILES string of the molecule is Cc1cc(-c2ncn(/C=C(/C(=O)OC(C)C)c3cc(F)ccn3)n2)cc(C(F)(F)F)c1. The number of carbonyl (C=O) groups is 1. The molecular weight excluding hydrogens is 416 g/mol. The summed E-state index contributed by atoms with van der Waals surface area (Å²) >= 11 is 0. The Labute approximate surface area is 175 Å².